The van der Waals surface area contributed by atoms with Crippen LogP contribution in [0.4, 0.5) is 14.5 Å². The third-order valence-corrected chi connectivity index (χ3v) is 4.11. The predicted octanol–water partition coefficient (Wildman–Crippen LogP) is 2.20. The molecule has 0 saturated carbocycles. The van der Waals surface area contributed by atoms with Gasteiger partial charge in [0.05, 0.1) is 0 Å². The number of nitrogens with one attached hydrogen (secondary N) is 2. The number of benzene rings is 1. The van der Waals surface area contributed by atoms with E-state index in [1.807, 2.05) is 0 Å². The number of hydrogen-bond donors (Lipinski definition) is 2. The maximum absolute atomic E-state index is 12.9. The Labute approximate surface area is 137 Å². The van der Waals surface area contributed by atoms with E-state index < -0.39 is 12.2 Å². The second kappa shape index (κ2) is 6.96. The average molecular weight is 336 g/mol. The van der Waals surface area contributed by atoms with Gasteiger partial charge in [0, 0.05) is 24.1 Å². The van der Waals surface area contributed by atoms with Crippen LogP contribution < -0.4 is 15.4 Å². The van der Waals surface area contributed by atoms with Gasteiger partial charge in [-0.15, -0.1) is 0 Å². The van der Waals surface area contributed by atoms with Gasteiger partial charge in [-0.25, -0.2) is 0 Å². The first-order chi connectivity index (χ1) is 11.6. The Kier molecular flexibility index (Phi) is 4.75. The molecule has 0 atom stereocenters. The van der Waals surface area contributed by atoms with Crippen molar-refractivity contribution in [2.45, 2.75) is 25.0 Å². The normalized spacial score (nSPS) is 16.8. The van der Waals surface area contributed by atoms with Crippen LogP contribution in [0, 0.1) is 0 Å². The lowest BCUT2D eigenvalue weighted by atomic mass is 9.87. The number of anilines is 1. The molecule has 1 fully saturated rings. The van der Waals surface area contributed by atoms with Gasteiger partial charge in [0.2, 0.25) is 0 Å². The van der Waals surface area contributed by atoms with Crippen molar-refractivity contribution in [2.24, 2.45) is 0 Å². The van der Waals surface area contributed by atoms with Gasteiger partial charge < -0.3 is 15.4 Å². The maximum Gasteiger partial charge on any atom is 0.387 e. The minimum Gasteiger partial charge on any atom is -0.435 e. The van der Waals surface area contributed by atoms with Gasteiger partial charge in [0.25, 0.3) is 5.91 Å². The number of carbonyl (C=O) groups is 1. The first kappa shape index (κ1) is 16.4. The molecule has 0 unspecified atom stereocenters. The third-order valence-electron chi connectivity index (χ3n) is 4.11. The first-order valence-corrected chi connectivity index (χ1v) is 7.67. The lowest BCUT2D eigenvalue weighted by Gasteiger charge is -2.36. The highest BCUT2D eigenvalue weighted by molar-refractivity contribution is 5.96. The van der Waals surface area contributed by atoms with Crippen LogP contribution in [0.15, 0.2) is 42.7 Å². The minimum atomic E-state index is -2.91. The molecule has 2 N–H and O–H groups in total. The van der Waals surface area contributed by atoms with Crippen LogP contribution >= 0.6 is 0 Å². The third kappa shape index (κ3) is 3.38. The number of alkyl halides is 2. The highest BCUT2D eigenvalue weighted by Gasteiger charge is 2.42. The van der Waals surface area contributed by atoms with Crippen molar-refractivity contribution in [2.75, 3.05) is 18.4 Å². The molecule has 2 heterocycles. The van der Waals surface area contributed by atoms with Crippen LogP contribution in [0.1, 0.15) is 12.8 Å². The molecule has 0 radical (unpaired) electrons. The van der Waals surface area contributed by atoms with Gasteiger partial charge in [0.15, 0.2) is 0 Å². The Morgan fingerprint density at radius 3 is 2.79 bits per heavy atom. The highest BCUT2D eigenvalue weighted by Crippen LogP contribution is 2.29. The molecule has 128 valence electrons. The number of aromatic nitrogens is 2. The second-order valence-electron chi connectivity index (χ2n) is 5.59. The summed E-state index contributed by atoms with van der Waals surface area (Å²) >= 11 is 0. The van der Waals surface area contributed by atoms with Crippen molar-refractivity contribution in [3.05, 3.63) is 42.7 Å². The first-order valence-electron chi connectivity index (χ1n) is 7.67. The van der Waals surface area contributed by atoms with Crippen molar-refractivity contribution in [1.82, 2.24) is 15.1 Å². The molecule has 8 heteroatoms. The summed E-state index contributed by atoms with van der Waals surface area (Å²) in [6, 6.07) is 7.75. The number of amides is 1. The summed E-state index contributed by atoms with van der Waals surface area (Å²) in [7, 11) is 0. The topological polar surface area (TPSA) is 68.2 Å². The lowest BCUT2D eigenvalue weighted by molar-refractivity contribution is -0.126. The Morgan fingerprint density at radius 2 is 2.12 bits per heavy atom. The fraction of sp³-hybridized carbons (Fsp3) is 0.375. The largest absolute Gasteiger partial charge is 0.435 e. The van der Waals surface area contributed by atoms with E-state index in [4.69, 9.17) is 0 Å². The molecule has 1 aliphatic heterocycles. The van der Waals surface area contributed by atoms with Crippen LogP contribution in [0.3, 0.4) is 0 Å². The number of nitrogens with zero attached hydrogens (tertiary/aromatic N) is 2. The van der Waals surface area contributed by atoms with E-state index in [1.54, 1.807) is 35.3 Å². The van der Waals surface area contributed by atoms with E-state index in [1.165, 1.54) is 12.1 Å². The minimum absolute atomic E-state index is 0.00116. The smallest absolute Gasteiger partial charge is 0.387 e. The van der Waals surface area contributed by atoms with E-state index in [2.05, 4.69) is 20.5 Å². The Morgan fingerprint density at radius 1 is 1.33 bits per heavy atom. The van der Waals surface area contributed by atoms with Crippen molar-refractivity contribution in [3.8, 4) is 5.75 Å². The molecule has 1 aromatic carbocycles. The zero-order chi connectivity index (χ0) is 17.0. The summed E-state index contributed by atoms with van der Waals surface area (Å²) < 4.78 is 30.7. The van der Waals surface area contributed by atoms with Crippen LogP contribution in [-0.4, -0.2) is 35.4 Å². The molecule has 3 rings (SSSR count). The molecule has 1 aromatic heterocycles. The monoisotopic (exact) mass is 336 g/mol. The molecule has 1 aliphatic rings. The van der Waals surface area contributed by atoms with Crippen LogP contribution in [0.5, 0.6) is 5.75 Å². The Bertz CT molecular complexity index is 685. The highest BCUT2D eigenvalue weighted by atomic mass is 19.3. The molecule has 2 aromatic rings. The number of hydrogen-bond acceptors (Lipinski definition) is 4. The van der Waals surface area contributed by atoms with Crippen molar-refractivity contribution < 1.29 is 18.3 Å². The zero-order valence-corrected chi connectivity index (χ0v) is 12.9. The van der Waals surface area contributed by atoms with Gasteiger partial charge in [-0.2, -0.15) is 13.9 Å². The Balaban J connectivity index is 1.82. The van der Waals surface area contributed by atoms with Gasteiger partial charge in [-0.3, -0.25) is 9.48 Å². The van der Waals surface area contributed by atoms with Crippen LogP contribution in [-0.2, 0) is 10.3 Å². The number of ether oxygens (including phenoxy) is 1. The second-order valence-corrected chi connectivity index (χ2v) is 5.59. The standard InChI is InChI=1S/C16H18F2N4O2/c17-15(18)24-13-4-1-3-12(11-13)21-14(23)16(5-8-19-9-6-16)22-10-2-7-20-22/h1-4,7,10-11,15,19H,5-6,8-9H2,(H,21,23). The van der Waals surface area contributed by atoms with Crippen molar-refractivity contribution in [1.29, 1.82) is 0 Å². The molecule has 0 aliphatic carbocycles. The summed E-state index contributed by atoms with van der Waals surface area (Å²) in [6.07, 6.45) is 4.58. The van der Waals surface area contributed by atoms with E-state index in [0.717, 1.165) is 0 Å². The maximum atomic E-state index is 12.9. The quantitative estimate of drug-likeness (QED) is 0.878. The Hall–Kier alpha value is -2.48. The average Bonchev–Trinajstić information content (AvgIpc) is 3.10. The van der Waals surface area contributed by atoms with Crippen LogP contribution in [0.2, 0.25) is 0 Å². The summed E-state index contributed by atoms with van der Waals surface area (Å²) in [5, 5.41) is 10.3. The fourth-order valence-electron chi connectivity index (χ4n) is 2.92. The molecule has 1 saturated heterocycles. The van der Waals surface area contributed by atoms with Crippen molar-refractivity contribution in [3.63, 3.8) is 0 Å². The number of rotatable bonds is 5. The molecule has 0 spiro atoms. The van der Waals surface area contributed by atoms with Crippen LogP contribution in [0.25, 0.3) is 0 Å². The molecule has 0 bridgehead atoms. The SMILES string of the molecule is O=C(Nc1cccc(OC(F)F)c1)C1(n2cccn2)CCNCC1. The molecule has 1 amide bonds. The lowest BCUT2D eigenvalue weighted by Crippen LogP contribution is -2.52. The van der Waals surface area contributed by atoms with Gasteiger partial charge >= 0.3 is 6.61 Å². The van der Waals surface area contributed by atoms with Gasteiger partial charge in [-0.1, -0.05) is 6.07 Å². The van der Waals surface area contributed by atoms with Crippen molar-refractivity contribution >= 4 is 11.6 Å². The van der Waals surface area contributed by atoms with Gasteiger partial charge in [-0.05, 0) is 44.1 Å². The van der Waals surface area contributed by atoms with E-state index in [0.29, 0.717) is 31.6 Å². The molecular weight excluding hydrogens is 318 g/mol. The number of carbonyl (C=O) groups excluding carboxylic acids is 1. The summed E-state index contributed by atoms with van der Waals surface area (Å²) in [6.45, 7) is -1.51. The molecule has 24 heavy (non-hydrogen) atoms. The van der Waals surface area contributed by atoms with E-state index in [-0.39, 0.29) is 11.7 Å². The zero-order valence-electron chi connectivity index (χ0n) is 12.9. The molecular formula is C16H18F2N4O2. The predicted molar refractivity (Wildman–Crippen MR) is 84.0 cm³/mol. The summed E-state index contributed by atoms with van der Waals surface area (Å²) in [5.74, 6) is -0.219. The summed E-state index contributed by atoms with van der Waals surface area (Å²) in [5.41, 5.74) is -0.392. The number of piperidine rings is 1. The summed E-state index contributed by atoms with van der Waals surface area (Å²) in [4.78, 5) is 12.9. The van der Waals surface area contributed by atoms with E-state index in [9.17, 15) is 13.6 Å². The number of halogens is 2. The molecule has 6 nitrogen and oxygen atoms in total. The van der Waals surface area contributed by atoms with E-state index >= 15 is 0 Å². The van der Waals surface area contributed by atoms with Gasteiger partial charge in [0.1, 0.15) is 11.3 Å². The fourth-order valence-corrected chi connectivity index (χ4v) is 2.92.